The summed E-state index contributed by atoms with van der Waals surface area (Å²) in [6, 6.07) is 5.23. The molecule has 150 valence electrons. The van der Waals surface area contributed by atoms with Crippen molar-refractivity contribution in [3.63, 3.8) is 0 Å². The second-order valence-electron chi connectivity index (χ2n) is 6.50. The third kappa shape index (κ3) is 5.34. The minimum absolute atomic E-state index is 0.137. The first kappa shape index (κ1) is 20.8. The monoisotopic (exact) mass is 425 g/mol. The molecule has 0 amide bonds. The molecule has 1 fully saturated rings. The summed E-state index contributed by atoms with van der Waals surface area (Å²) >= 11 is 12.0. The number of pyridine rings is 1. The van der Waals surface area contributed by atoms with Crippen LogP contribution in [0.5, 0.6) is 11.5 Å². The Morgan fingerprint density at radius 3 is 2.71 bits per heavy atom. The molecule has 1 N–H and O–H groups in total. The van der Waals surface area contributed by atoms with Crippen LogP contribution < -0.4 is 14.8 Å². The quantitative estimate of drug-likeness (QED) is 0.606. The number of benzene rings is 1. The Hall–Kier alpha value is -1.89. The van der Waals surface area contributed by atoms with Gasteiger partial charge in [0.05, 0.1) is 23.8 Å². The van der Waals surface area contributed by atoms with E-state index < -0.39 is 5.97 Å². The number of nitrogens with zero attached hydrogens (tertiary/aromatic N) is 2. The van der Waals surface area contributed by atoms with E-state index in [1.807, 2.05) is 0 Å². The zero-order chi connectivity index (χ0) is 19.9. The number of rotatable bonds is 7. The van der Waals surface area contributed by atoms with Crippen LogP contribution in [-0.2, 0) is 0 Å². The molecule has 1 aromatic carbocycles. The lowest BCUT2D eigenvalue weighted by atomic mass is 10.0. The minimum atomic E-state index is -0.726. The highest BCUT2D eigenvalue weighted by Gasteiger charge is 2.15. The Morgan fingerprint density at radius 1 is 1.25 bits per heavy atom. The summed E-state index contributed by atoms with van der Waals surface area (Å²) in [5, 5.41) is 3.83. The van der Waals surface area contributed by atoms with Gasteiger partial charge in [0.1, 0.15) is 5.69 Å². The van der Waals surface area contributed by atoms with E-state index in [4.69, 9.17) is 32.7 Å². The fourth-order valence-electron chi connectivity index (χ4n) is 3.07. The van der Waals surface area contributed by atoms with Gasteiger partial charge in [-0.2, -0.15) is 4.39 Å². The molecule has 8 heteroatoms. The standard InChI is InChI=1S/C20H22Cl2FN3O2/c1-27-17-6-5-13(20(23)26-19-15(21)11-24-12-16(19)22)10-18(17)28-9-7-14-4-2-3-8-25-14/h5-6,10-12,14,25H,2-4,7-9H2,1H3. The predicted octanol–water partition coefficient (Wildman–Crippen LogP) is 5.36. The van der Waals surface area contributed by atoms with Gasteiger partial charge in [0.2, 0.25) is 5.97 Å². The van der Waals surface area contributed by atoms with Crippen molar-refractivity contribution in [2.24, 2.45) is 4.99 Å². The average molecular weight is 426 g/mol. The van der Waals surface area contributed by atoms with Gasteiger partial charge in [0.15, 0.2) is 11.5 Å². The molecule has 0 radical (unpaired) electrons. The Kier molecular flexibility index (Phi) is 7.48. The van der Waals surface area contributed by atoms with Crippen LogP contribution in [0, 0.1) is 0 Å². The van der Waals surface area contributed by atoms with Crippen molar-refractivity contribution < 1.29 is 13.9 Å². The van der Waals surface area contributed by atoms with Crippen molar-refractivity contribution in [3.8, 4) is 11.5 Å². The van der Waals surface area contributed by atoms with Crippen molar-refractivity contribution in [1.82, 2.24) is 10.3 Å². The average Bonchev–Trinajstić information content (AvgIpc) is 2.71. The van der Waals surface area contributed by atoms with Crippen molar-refractivity contribution >= 4 is 34.9 Å². The van der Waals surface area contributed by atoms with Crippen LogP contribution in [0.4, 0.5) is 10.1 Å². The third-order valence-corrected chi connectivity index (χ3v) is 5.13. The van der Waals surface area contributed by atoms with Gasteiger partial charge in [0, 0.05) is 24.0 Å². The van der Waals surface area contributed by atoms with Gasteiger partial charge in [-0.15, -0.1) is 0 Å². The fourth-order valence-corrected chi connectivity index (χ4v) is 3.52. The van der Waals surface area contributed by atoms with Gasteiger partial charge >= 0.3 is 0 Å². The van der Waals surface area contributed by atoms with Gasteiger partial charge in [-0.3, -0.25) is 4.98 Å². The number of nitrogens with one attached hydrogen (secondary N) is 1. The zero-order valence-electron chi connectivity index (χ0n) is 15.6. The SMILES string of the molecule is COc1ccc(C(F)=Nc2c(Cl)cncc2Cl)cc1OCCC1CCCCN1. The Balaban J connectivity index is 1.75. The first-order valence-electron chi connectivity index (χ1n) is 9.16. The number of halogens is 3. The number of ether oxygens (including phenoxy) is 2. The van der Waals surface area contributed by atoms with Crippen LogP contribution in [0.15, 0.2) is 35.6 Å². The van der Waals surface area contributed by atoms with Gasteiger partial charge in [-0.1, -0.05) is 29.6 Å². The van der Waals surface area contributed by atoms with Crippen LogP contribution in [-0.4, -0.2) is 37.3 Å². The molecule has 28 heavy (non-hydrogen) atoms. The van der Waals surface area contributed by atoms with Gasteiger partial charge in [-0.25, -0.2) is 4.99 Å². The first-order valence-corrected chi connectivity index (χ1v) is 9.92. The van der Waals surface area contributed by atoms with Crippen LogP contribution in [0.2, 0.25) is 10.0 Å². The van der Waals surface area contributed by atoms with Crippen LogP contribution in [0.3, 0.4) is 0 Å². The zero-order valence-corrected chi connectivity index (χ0v) is 17.1. The maximum Gasteiger partial charge on any atom is 0.220 e. The number of piperidine rings is 1. The summed E-state index contributed by atoms with van der Waals surface area (Å²) in [4.78, 5) is 7.75. The van der Waals surface area contributed by atoms with Crippen molar-refractivity contribution in [1.29, 1.82) is 0 Å². The summed E-state index contributed by atoms with van der Waals surface area (Å²) in [6.07, 6.45) is 7.21. The summed E-state index contributed by atoms with van der Waals surface area (Å²) in [7, 11) is 1.55. The maximum absolute atomic E-state index is 14.7. The molecule has 0 bridgehead atoms. The van der Waals surface area contributed by atoms with Gasteiger partial charge in [-0.05, 0) is 44.0 Å². The van der Waals surface area contributed by atoms with Gasteiger partial charge in [0.25, 0.3) is 0 Å². The highest BCUT2D eigenvalue weighted by Crippen LogP contribution is 2.34. The molecule has 3 rings (SSSR count). The number of aromatic nitrogens is 1. The third-order valence-electron chi connectivity index (χ3n) is 4.58. The molecule has 2 aromatic rings. The molecule has 1 aliphatic heterocycles. The summed E-state index contributed by atoms with van der Waals surface area (Å²) < 4.78 is 25.9. The molecular weight excluding hydrogens is 404 g/mol. The van der Waals surface area contributed by atoms with Crippen LogP contribution in [0.25, 0.3) is 0 Å². The molecule has 1 unspecified atom stereocenters. The highest BCUT2D eigenvalue weighted by atomic mass is 35.5. The second kappa shape index (κ2) is 10.0. The number of methoxy groups -OCH3 is 1. The predicted molar refractivity (Wildman–Crippen MR) is 110 cm³/mol. The minimum Gasteiger partial charge on any atom is -0.493 e. The largest absolute Gasteiger partial charge is 0.493 e. The fraction of sp³-hybridized carbons (Fsp3) is 0.400. The van der Waals surface area contributed by atoms with E-state index in [0.717, 1.165) is 19.4 Å². The number of hydrogen-bond acceptors (Lipinski definition) is 5. The summed E-state index contributed by atoms with van der Waals surface area (Å²) in [5.41, 5.74) is 0.382. The highest BCUT2D eigenvalue weighted by molar-refractivity contribution is 6.38. The lowest BCUT2D eigenvalue weighted by Crippen LogP contribution is -2.35. The van der Waals surface area contributed by atoms with E-state index in [0.29, 0.717) is 24.1 Å². The van der Waals surface area contributed by atoms with Crippen molar-refractivity contribution in [2.45, 2.75) is 31.7 Å². The summed E-state index contributed by atoms with van der Waals surface area (Å²) in [6.45, 7) is 1.56. The Morgan fingerprint density at radius 2 is 2.04 bits per heavy atom. The van der Waals surface area contributed by atoms with E-state index in [1.165, 1.54) is 25.2 Å². The topological polar surface area (TPSA) is 55.7 Å². The molecule has 0 aliphatic carbocycles. The van der Waals surface area contributed by atoms with E-state index in [-0.39, 0.29) is 21.3 Å². The lowest BCUT2D eigenvalue weighted by Gasteiger charge is -2.23. The smallest absolute Gasteiger partial charge is 0.220 e. The molecule has 1 atom stereocenters. The molecule has 0 saturated carbocycles. The number of aliphatic imine (C=N–C) groups is 1. The molecule has 1 aromatic heterocycles. The van der Waals surface area contributed by atoms with Crippen LogP contribution in [0.1, 0.15) is 31.2 Å². The van der Waals surface area contributed by atoms with Crippen LogP contribution >= 0.6 is 23.2 Å². The Labute approximate surface area is 173 Å². The van der Waals surface area contributed by atoms with E-state index in [2.05, 4.69) is 15.3 Å². The van der Waals surface area contributed by atoms with Gasteiger partial charge < -0.3 is 14.8 Å². The molecule has 2 heterocycles. The lowest BCUT2D eigenvalue weighted by molar-refractivity contribution is 0.257. The summed E-state index contributed by atoms with van der Waals surface area (Å²) in [5.74, 6) is 0.276. The van der Waals surface area contributed by atoms with E-state index in [9.17, 15) is 4.39 Å². The number of hydrogen-bond donors (Lipinski definition) is 1. The molecule has 0 spiro atoms. The normalized spacial score (nSPS) is 17.4. The maximum atomic E-state index is 14.7. The molecule has 1 aliphatic rings. The van der Waals surface area contributed by atoms with Crippen molar-refractivity contribution in [3.05, 3.63) is 46.2 Å². The van der Waals surface area contributed by atoms with E-state index >= 15 is 0 Å². The van der Waals surface area contributed by atoms with E-state index in [1.54, 1.807) is 25.3 Å². The molecule has 1 saturated heterocycles. The molecular formula is C20H22Cl2FN3O2. The second-order valence-corrected chi connectivity index (χ2v) is 7.32. The first-order chi connectivity index (χ1) is 13.6. The Bertz CT molecular complexity index is 822. The molecule has 5 nitrogen and oxygen atoms in total. The van der Waals surface area contributed by atoms with Crippen molar-refractivity contribution in [2.75, 3.05) is 20.3 Å².